The lowest BCUT2D eigenvalue weighted by Crippen LogP contribution is -2.26. The third kappa shape index (κ3) is 6.44. The second-order valence-electron chi connectivity index (χ2n) is 6.02. The van der Waals surface area contributed by atoms with Crippen molar-refractivity contribution in [3.63, 3.8) is 0 Å². The van der Waals surface area contributed by atoms with Gasteiger partial charge >= 0.3 is 5.97 Å². The van der Waals surface area contributed by atoms with E-state index in [0.717, 1.165) is 18.4 Å². The standard InChI is InChI=1S/C19H28O3/c1-14-11-9-7-5-6-8-10-12-18(21)22-19(14)16(3)13-15(2)17(4)20/h5,7,9-15,17,19-20H,6,8H2,1-4H3/b7-5+,11-9-,12-10+,16-13+/t14-,15-,17+,19+/m0/s1. The maximum absolute atomic E-state index is 12.0. The molecular formula is C19H28O3. The fourth-order valence-electron chi connectivity index (χ4n) is 2.32. The normalized spacial score (nSPS) is 31.1. The molecule has 0 aromatic heterocycles. The Balaban J connectivity index is 3.00. The van der Waals surface area contributed by atoms with Crippen LogP contribution in [0.5, 0.6) is 0 Å². The van der Waals surface area contributed by atoms with E-state index in [-0.39, 0.29) is 23.9 Å². The minimum atomic E-state index is -0.425. The lowest BCUT2D eigenvalue weighted by molar-refractivity contribution is -0.142. The zero-order valence-corrected chi connectivity index (χ0v) is 14.0. The van der Waals surface area contributed by atoms with Crippen molar-refractivity contribution in [3.8, 4) is 0 Å². The Bertz CT molecular complexity index is 469. The summed E-state index contributed by atoms with van der Waals surface area (Å²) in [5, 5.41) is 9.65. The fraction of sp³-hybridized carbons (Fsp3) is 0.526. The van der Waals surface area contributed by atoms with E-state index in [9.17, 15) is 9.90 Å². The monoisotopic (exact) mass is 304 g/mol. The van der Waals surface area contributed by atoms with Crippen LogP contribution in [-0.4, -0.2) is 23.3 Å². The molecule has 1 N–H and O–H groups in total. The van der Waals surface area contributed by atoms with E-state index in [1.54, 1.807) is 6.92 Å². The summed E-state index contributed by atoms with van der Waals surface area (Å²) >= 11 is 0. The molecule has 1 rings (SSSR count). The summed E-state index contributed by atoms with van der Waals surface area (Å²) in [6.45, 7) is 7.70. The van der Waals surface area contributed by atoms with Crippen LogP contribution in [0.1, 0.15) is 40.5 Å². The van der Waals surface area contributed by atoms with Gasteiger partial charge in [0.05, 0.1) is 6.10 Å². The average molecular weight is 304 g/mol. The summed E-state index contributed by atoms with van der Waals surface area (Å²) in [6, 6.07) is 0. The molecule has 1 aliphatic rings. The van der Waals surface area contributed by atoms with Crippen molar-refractivity contribution in [3.05, 3.63) is 48.1 Å². The highest BCUT2D eigenvalue weighted by Gasteiger charge is 2.22. The number of rotatable bonds is 3. The maximum atomic E-state index is 12.0. The molecule has 0 aromatic rings. The molecule has 3 heteroatoms. The molecule has 0 spiro atoms. The maximum Gasteiger partial charge on any atom is 0.331 e. The molecule has 0 aliphatic carbocycles. The second kappa shape index (κ2) is 9.42. The van der Waals surface area contributed by atoms with E-state index < -0.39 is 6.10 Å². The summed E-state index contributed by atoms with van der Waals surface area (Å²) in [6.07, 6.45) is 14.5. The Hall–Kier alpha value is -1.61. The van der Waals surface area contributed by atoms with Gasteiger partial charge in [-0.15, -0.1) is 0 Å². The molecule has 0 bridgehead atoms. The van der Waals surface area contributed by atoms with Crippen molar-refractivity contribution >= 4 is 5.97 Å². The van der Waals surface area contributed by atoms with Crippen LogP contribution < -0.4 is 0 Å². The minimum absolute atomic E-state index is 0.0201. The first-order chi connectivity index (χ1) is 10.4. The second-order valence-corrected chi connectivity index (χ2v) is 6.02. The van der Waals surface area contributed by atoms with Crippen LogP contribution in [0.3, 0.4) is 0 Å². The van der Waals surface area contributed by atoms with E-state index in [4.69, 9.17) is 4.74 Å². The van der Waals surface area contributed by atoms with Gasteiger partial charge < -0.3 is 9.84 Å². The van der Waals surface area contributed by atoms with Gasteiger partial charge in [0.1, 0.15) is 6.10 Å². The van der Waals surface area contributed by atoms with Gasteiger partial charge in [0.15, 0.2) is 0 Å². The lowest BCUT2D eigenvalue weighted by Gasteiger charge is -2.24. The molecule has 0 amide bonds. The number of allylic oxidation sites excluding steroid dienone is 4. The number of cyclic esters (lactones) is 1. The lowest BCUT2D eigenvalue weighted by atomic mass is 9.93. The van der Waals surface area contributed by atoms with Crippen molar-refractivity contribution in [2.45, 2.75) is 52.7 Å². The molecule has 0 saturated heterocycles. The first kappa shape index (κ1) is 18.4. The number of hydrogen-bond donors (Lipinski definition) is 1. The van der Waals surface area contributed by atoms with Crippen LogP contribution in [-0.2, 0) is 9.53 Å². The number of ether oxygens (including phenoxy) is 1. The topological polar surface area (TPSA) is 46.5 Å². The highest BCUT2D eigenvalue weighted by Crippen LogP contribution is 2.21. The van der Waals surface area contributed by atoms with Crippen LogP contribution >= 0.6 is 0 Å². The smallest absolute Gasteiger partial charge is 0.331 e. The van der Waals surface area contributed by atoms with Gasteiger partial charge in [0.25, 0.3) is 0 Å². The number of aliphatic hydroxyl groups excluding tert-OH is 1. The molecule has 0 saturated carbocycles. The Labute approximate surface area is 134 Å². The van der Waals surface area contributed by atoms with Gasteiger partial charge in [-0.2, -0.15) is 0 Å². The van der Waals surface area contributed by atoms with Crippen LogP contribution in [0.25, 0.3) is 0 Å². The number of carbonyl (C=O) groups is 1. The zero-order chi connectivity index (χ0) is 16.5. The van der Waals surface area contributed by atoms with Gasteiger partial charge in [-0.3, -0.25) is 0 Å². The van der Waals surface area contributed by atoms with Gasteiger partial charge in [0.2, 0.25) is 0 Å². The Morgan fingerprint density at radius 2 is 2.00 bits per heavy atom. The summed E-state index contributed by atoms with van der Waals surface area (Å²) in [5.41, 5.74) is 0.966. The molecule has 22 heavy (non-hydrogen) atoms. The Kier molecular flexibility index (Phi) is 7.89. The molecule has 4 atom stereocenters. The third-order valence-corrected chi connectivity index (χ3v) is 3.87. The first-order valence-electron chi connectivity index (χ1n) is 7.98. The van der Waals surface area contributed by atoms with Crippen LogP contribution in [0.4, 0.5) is 0 Å². The van der Waals surface area contributed by atoms with Crippen molar-refractivity contribution in [2.75, 3.05) is 0 Å². The number of esters is 1. The highest BCUT2D eigenvalue weighted by molar-refractivity contribution is 5.82. The number of aliphatic hydroxyl groups is 1. The molecule has 0 aromatic carbocycles. The summed E-state index contributed by atoms with van der Waals surface area (Å²) in [7, 11) is 0. The molecule has 0 unspecified atom stereocenters. The predicted octanol–water partition coefficient (Wildman–Crippen LogP) is 3.96. The highest BCUT2D eigenvalue weighted by atomic mass is 16.5. The molecule has 0 fully saturated rings. The van der Waals surface area contributed by atoms with Gasteiger partial charge in [-0.25, -0.2) is 4.79 Å². The largest absolute Gasteiger partial charge is 0.454 e. The molecule has 3 nitrogen and oxygen atoms in total. The van der Waals surface area contributed by atoms with Crippen LogP contribution in [0, 0.1) is 11.8 Å². The molecule has 122 valence electrons. The Morgan fingerprint density at radius 1 is 1.32 bits per heavy atom. The van der Waals surface area contributed by atoms with Crippen molar-refractivity contribution in [1.29, 1.82) is 0 Å². The number of carbonyl (C=O) groups excluding carboxylic acids is 1. The van der Waals surface area contributed by atoms with Crippen molar-refractivity contribution in [1.82, 2.24) is 0 Å². The summed E-state index contributed by atoms with van der Waals surface area (Å²) < 4.78 is 5.63. The SMILES string of the molecule is C/C(=C\[C@H](C)[C@@H](C)O)[C@@H]1OC(=O)/C=C/CC/C=C/C=C\[C@@H]1C. The average Bonchev–Trinajstić information content (AvgIpc) is 2.45. The van der Waals surface area contributed by atoms with Crippen LogP contribution in [0.15, 0.2) is 48.1 Å². The van der Waals surface area contributed by atoms with E-state index in [1.807, 2.05) is 51.2 Å². The van der Waals surface area contributed by atoms with Gasteiger partial charge in [-0.1, -0.05) is 50.3 Å². The summed E-state index contributed by atoms with van der Waals surface area (Å²) in [4.78, 5) is 12.0. The number of hydrogen-bond acceptors (Lipinski definition) is 3. The summed E-state index contributed by atoms with van der Waals surface area (Å²) in [5.74, 6) is -0.224. The van der Waals surface area contributed by atoms with E-state index >= 15 is 0 Å². The van der Waals surface area contributed by atoms with E-state index in [2.05, 4.69) is 6.08 Å². The zero-order valence-electron chi connectivity index (χ0n) is 14.0. The molecular weight excluding hydrogens is 276 g/mol. The molecule has 0 radical (unpaired) electrons. The van der Waals surface area contributed by atoms with Gasteiger partial charge in [-0.05, 0) is 32.3 Å². The van der Waals surface area contributed by atoms with Crippen molar-refractivity contribution in [2.24, 2.45) is 11.8 Å². The first-order valence-corrected chi connectivity index (χ1v) is 7.98. The quantitative estimate of drug-likeness (QED) is 0.634. The molecule has 1 aliphatic heterocycles. The third-order valence-electron chi connectivity index (χ3n) is 3.87. The van der Waals surface area contributed by atoms with E-state index in [1.165, 1.54) is 6.08 Å². The fourth-order valence-corrected chi connectivity index (χ4v) is 2.32. The predicted molar refractivity (Wildman–Crippen MR) is 90.3 cm³/mol. The molecule has 1 heterocycles. The minimum Gasteiger partial charge on any atom is -0.454 e. The van der Waals surface area contributed by atoms with E-state index in [0.29, 0.717) is 0 Å². The van der Waals surface area contributed by atoms with Gasteiger partial charge in [0, 0.05) is 17.9 Å². The van der Waals surface area contributed by atoms with Crippen molar-refractivity contribution < 1.29 is 14.6 Å². The van der Waals surface area contributed by atoms with Crippen LogP contribution in [0.2, 0.25) is 0 Å². The Morgan fingerprint density at radius 3 is 2.68 bits per heavy atom.